The summed E-state index contributed by atoms with van der Waals surface area (Å²) in [5.74, 6) is -0.142. The lowest BCUT2D eigenvalue weighted by Gasteiger charge is -2.07. The highest BCUT2D eigenvalue weighted by Gasteiger charge is 2.00. The standard InChI is InChI=1S/C12H18N2O2/c1-3-8-13-10-4-6-11(7-5-10)14-12(15)9-16-2/h4-7,13H,3,8-9H2,1-2H3,(H,14,15). The van der Waals surface area contributed by atoms with Crippen molar-refractivity contribution in [3.8, 4) is 0 Å². The van der Waals surface area contributed by atoms with E-state index in [4.69, 9.17) is 4.74 Å². The molecule has 0 saturated heterocycles. The van der Waals surface area contributed by atoms with Crippen molar-refractivity contribution in [2.75, 3.05) is 30.9 Å². The summed E-state index contributed by atoms with van der Waals surface area (Å²) in [6.07, 6.45) is 1.09. The number of hydrogen-bond donors (Lipinski definition) is 2. The lowest BCUT2D eigenvalue weighted by Crippen LogP contribution is -2.16. The minimum absolute atomic E-state index is 0.0792. The summed E-state index contributed by atoms with van der Waals surface area (Å²) >= 11 is 0. The summed E-state index contributed by atoms with van der Waals surface area (Å²) in [4.78, 5) is 11.2. The van der Waals surface area contributed by atoms with Crippen LogP contribution in [0.1, 0.15) is 13.3 Å². The molecule has 0 unspecified atom stereocenters. The van der Waals surface area contributed by atoms with Crippen LogP contribution in [0.4, 0.5) is 11.4 Å². The van der Waals surface area contributed by atoms with Gasteiger partial charge in [0.2, 0.25) is 5.91 Å². The first-order valence-electron chi connectivity index (χ1n) is 5.39. The molecule has 0 radical (unpaired) electrons. The predicted octanol–water partition coefficient (Wildman–Crippen LogP) is 2.09. The van der Waals surface area contributed by atoms with Gasteiger partial charge >= 0.3 is 0 Å². The number of nitrogens with one attached hydrogen (secondary N) is 2. The highest BCUT2D eigenvalue weighted by molar-refractivity contribution is 5.91. The Morgan fingerprint density at radius 1 is 1.25 bits per heavy atom. The van der Waals surface area contributed by atoms with Crippen LogP contribution in [-0.2, 0) is 9.53 Å². The lowest BCUT2D eigenvalue weighted by atomic mass is 10.2. The summed E-state index contributed by atoms with van der Waals surface area (Å²) < 4.78 is 4.73. The van der Waals surface area contributed by atoms with Gasteiger partial charge in [0, 0.05) is 25.0 Å². The first-order chi connectivity index (χ1) is 7.76. The van der Waals surface area contributed by atoms with Crippen molar-refractivity contribution in [2.45, 2.75) is 13.3 Å². The van der Waals surface area contributed by atoms with Crippen molar-refractivity contribution in [3.63, 3.8) is 0 Å². The molecule has 0 aliphatic heterocycles. The molecule has 0 aromatic heterocycles. The summed E-state index contributed by atoms with van der Waals surface area (Å²) in [6, 6.07) is 7.62. The highest BCUT2D eigenvalue weighted by Crippen LogP contribution is 2.13. The molecule has 0 aliphatic carbocycles. The van der Waals surface area contributed by atoms with Gasteiger partial charge in [-0.25, -0.2) is 0 Å². The fraction of sp³-hybridized carbons (Fsp3) is 0.417. The molecule has 0 bridgehead atoms. The van der Waals surface area contributed by atoms with Crippen molar-refractivity contribution < 1.29 is 9.53 Å². The van der Waals surface area contributed by atoms with E-state index >= 15 is 0 Å². The van der Waals surface area contributed by atoms with Crippen molar-refractivity contribution in [3.05, 3.63) is 24.3 Å². The number of carbonyl (C=O) groups is 1. The molecule has 0 aliphatic rings. The van der Waals surface area contributed by atoms with Crippen LogP contribution >= 0.6 is 0 Å². The molecule has 1 rings (SSSR count). The van der Waals surface area contributed by atoms with E-state index in [0.717, 1.165) is 24.3 Å². The van der Waals surface area contributed by atoms with E-state index in [0.29, 0.717) is 0 Å². The molecule has 0 heterocycles. The van der Waals surface area contributed by atoms with E-state index in [9.17, 15) is 4.79 Å². The number of methoxy groups -OCH3 is 1. The zero-order chi connectivity index (χ0) is 11.8. The zero-order valence-corrected chi connectivity index (χ0v) is 9.75. The molecule has 1 amide bonds. The number of benzene rings is 1. The molecular formula is C12H18N2O2. The SMILES string of the molecule is CCCNc1ccc(NC(=O)COC)cc1. The molecule has 1 aromatic rings. The van der Waals surface area contributed by atoms with Crippen molar-refractivity contribution in [1.82, 2.24) is 0 Å². The molecule has 4 heteroatoms. The van der Waals surface area contributed by atoms with Crippen LogP contribution < -0.4 is 10.6 Å². The van der Waals surface area contributed by atoms with Gasteiger partial charge in [-0.2, -0.15) is 0 Å². The molecule has 4 nitrogen and oxygen atoms in total. The van der Waals surface area contributed by atoms with Gasteiger partial charge in [-0.3, -0.25) is 4.79 Å². The number of carbonyl (C=O) groups excluding carboxylic acids is 1. The molecular weight excluding hydrogens is 204 g/mol. The number of ether oxygens (including phenoxy) is 1. The molecule has 1 aromatic carbocycles. The van der Waals surface area contributed by atoms with Crippen LogP contribution in [0.25, 0.3) is 0 Å². The van der Waals surface area contributed by atoms with Crippen LogP contribution in [0.2, 0.25) is 0 Å². The minimum atomic E-state index is -0.142. The van der Waals surface area contributed by atoms with Crippen LogP contribution in [0.15, 0.2) is 24.3 Å². The molecule has 0 atom stereocenters. The maximum Gasteiger partial charge on any atom is 0.250 e. The van der Waals surface area contributed by atoms with E-state index in [1.54, 1.807) is 0 Å². The van der Waals surface area contributed by atoms with Crippen LogP contribution in [0.5, 0.6) is 0 Å². The predicted molar refractivity (Wildman–Crippen MR) is 65.7 cm³/mol. The highest BCUT2D eigenvalue weighted by atomic mass is 16.5. The Hall–Kier alpha value is -1.55. The first kappa shape index (κ1) is 12.5. The Labute approximate surface area is 96.0 Å². The van der Waals surface area contributed by atoms with Gasteiger partial charge in [0.25, 0.3) is 0 Å². The average Bonchev–Trinajstić information content (AvgIpc) is 2.28. The molecule has 2 N–H and O–H groups in total. The quantitative estimate of drug-likeness (QED) is 0.775. The zero-order valence-electron chi connectivity index (χ0n) is 9.75. The summed E-state index contributed by atoms with van der Waals surface area (Å²) in [5, 5.41) is 6.00. The molecule has 0 fully saturated rings. The van der Waals surface area contributed by atoms with E-state index < -0.39 is 0 Å². The van der Waals surface area contributed by atoms with Gasteiger partial charge in [-0.05, 0) is 30.7 Å². The Kier molecular flexibility index (Phi) is 5.36. The normalized spacial score (nSPS) is 9.88. The Morgan fingerprint density at radius 3 is 2.44 bits per heavy atom. The van der Waals surface area contributed by atoms with Gasteiger partial charge in [0.1, 0.15) is 6.61 Å². The summed E-state index contributed by atoms with van der Waals surface area (Å²) in [7, 11) is 1.50. The summed E-state index contributed by atoms with van der Waals surface area (Å²) in [5.41, 5.74) is 1.84. The second kappa shape index (κ2) is 6.85. The number of hydrogen-bond acceptors (Lipinski definition) is 3. The van der Waals surface area contributed by atoms with Crippen molar-refractivity contribution in [1.29, 1.82) is 0 Å². The molecule has 0 saturated carbocycles. The van der Waals surface area contributed by atoms with Gasteiger partial charge in [0.05, 0.1) is 0 Å². The van der Waals surface area contributed by atoms with Gasteiger partial charge in [-0.15, -0.1) is 0 Å². The Balaban J connectivity index is 2.47. The number of rotatable bonds is 6. The Bertz CT molecular complexity index is 322. The van der Waals surface area contributed by atoms with Crippen LogP contribution in [-0.4, -0.2) is 26.2 Å². The van der Waals surface area contributed by atoms with Crippen molar-refractivity contribution in [2.24, 2.45) is 0 Å². The maximum atomic E-state index is 11.2. The number of amides is 1. The van der Waals surface area contributed by atoms with Gasteiger partial charge < -0.3 is 15.4 Å². The van der Waals surface area contributed by atoms with E-state index in [-0.39, 0.29) is 12.5 Å². The van der Waals surface area contributed by atoms with Crippen molar-refractivity contribution >= 4 is 17.3 Å². The van der Waals surface area contributed by atoms with Crippen LogP contribution in [0.3, 0.4) is 0 Å². The monoisotopic (exact) mass is 222 g/mol. The fourth-order valence-corrected chi connectivity index (χ4v) is 1.27. The third-order valence-corrected chi connectivity index (χ3v) is 2.02. The van der Waals surface area contributed by atoms with E-state index in [1.165, 1.54) is 7.11 Å². The molecule has 0 spiro atoms. The molecule has 88 valence electrons. The van der Waals surface area contributed by atoms with Gasteiger partial charge in [-0.1, -0.05) is 6.92 Å². The summed E-state index contributed by atoms with van der Waals surface area (Å²) in [6.45, 7) is 3.15. The van der Waals surface area contributed by atoms with E-state index in [2.05, 4.69) is 17.6 Å². The third-order valence-electron chi connectivity index (χ3n) is 2.02. The smallest absolute Gasteiger partial charge is 0.250 e. The average molecular weight is 222 g/mol. The van der Waals surface area contributed by atoms with E-state index in [1.807, 2.05) is 24.3 Å². The second-order valence-corrected chi connectivity index (χ2v) is 3.49. The van der Waals surface area contributed by atoms with Crippen LogP contribution in [0, 0.1) is 0 Å². The van der Waals surface area contributed by atoms with Gasteiger partial charge in [0.15, 0.2) is 0 Å². The lowest BCUT2D eigenvalue weighted by molar-refractivity contribution is -0.119. The topological polar surface area (TPSA) is 50.4 Å². The third kappa shape index (κ3) is 4.31. The Morgan fingerprint density at radius 2 is 1.88 bits per heavy atom. The maximum absolute atomic E-state index is 11.2. The molecule has 16 heavy (non-hydrogen) atoms. The minimum Gasteiger partial charge on any atom is -0.385 e. The fourth-order valence-electron chi connectivity index (χ4n) is 1.27. The second-order valence-electron chi connectivity index (χ2n) is 3.49. The first-order valence-corrected chi connectivity index (χ1v) is 5.39. The largest absolute Gasteiger partial charge is 0.385 e. The number of anilines is 2.